The van der Waals surface area contributed by atoms with Crippen molar-refractivity contribution in [1.29, 1.82) is 0 Å². The summed E-state index contributed by atoms with van der Waals surface area (Å²) >= 11 is 7.70. The molecule has 1 saturated heterocycles. The van der Waals surface area contributed by atoms with Gasteiger partial charge in [-0.2, -0.15) is 0 Å². The highest BCUT2D eigenvalue weighted by atomic mass is 35.5. The molecule has 1 aromatic heterocycles. The summed E-state index contributed by atoms with van der Waals surface area (Å²) in [7, 11) is 1.98. The Morgan fingerprint density at radius 2 is 1.90 bits per heavy atom. The number of anilines is 1. The largest absolute Gasteiger partial charge is 0.462 e. The second-order valence-electron chi connectivity index (χ2n) is 7.67. The average molecular weight is 464 g/mol. The molecule has 0 aliphatic carbocycles. The third-order valence-electron chi connectivity index (χ3n) is 5.68. The summed E-state index contributed by atoms with van der Waals surface area (Å²) in [5, 5.41) is 3.34. The zero-order chi connectivity index (χ0) is 22.4. The van der Waals surface area contributed by atoms with E-state index in [9.17, 15) is 9.59 Å². The van der Waals surface area contributed by atoms with Gasteiger partial charge in [-0.1, -0.05) is 48.9 Å². The molecular formula is C23H30ClN3O3S. The van der Waals surface area contributed by atoms with Crippen LogP contribution in [0, 0.1) is 0 Å². The van der Waals surface area contributed by atoms with Crippen molar-refractivity contribution in [2.24, 2.45) is 0 Å². The molecule has 1 aromatic carbocycles. The molecule has 2 aromatic rings. The van der Waals surface area contributed by atoms with Crippen molar-refractivity contribution >= 4 is 39.8 Å². The Hall–Kier alpha value is -1.93. The Bertz CT molecular complexity index is 895. The van der Waals surface area contributed by atoms with Gasteiger partial charge < -0.3 is 15.0 Å². The molecule has 0 unspecified atom stereocenters. The van der Waals surface area contributed by atoms with Crippen LogP contribution in [0.2, 0.25) is 4.34 Å². The molecule has 0 spiro atoms. The van der Waals surface area contributed by atoms with Crippen molar-refractivity contribution in [2.75, 3.05) is 45.2 Å². The number of rotatable bonds is 8. The van der Waals surface area contributed by atoms with E-state index < -0.39 is 5.97 Å². The molecule has 1 aliphatic rings. The molecule has 3 rings (SSSR count). The predicted octanol–water partition coefficient (Wildman–Crippen LogP) is 4.60. The van der Waals surface area contributed by atoms with Gasteiger partial charge in [0.05, 0.1) is 13.2 Å². The van der Waals surface area contributed by atoms with Gasteiger partial charge in [-0.15, -0.1) is 11.3 Å². The van der Waals surface area contributed by atoms with E-state index in [0.717, 1.165) is 38.0 Å². The Morgan fingerprint density at radius 3 is 2.52 bits per heavy atom. The van der Waals surface area contributed by atoms with Crippen LogP contribution in [0.5, 0.6) is 0 Å². The SMILES string of the molecule is CCOC(=O)c1c(NC(=O)CN(C)C2CCN(CC)CC2)sc(Cl)c1-c1ccccc1. The molecule has 1 amide bonds. The Labute approximate surface area is 193 Å². The summed E-state index contributed by atoms with van der Waals surface area (Å²) in [6.07, 6.45) is 2.10. The first-order valence-corrected chi connectivity index (χ1v) is 11.9. The molecular weight excluding hydrogens is 434 g/mol. The van der Waals surface area contributed by atoms with Crippen molar-refractivity contribution in [2.45, 2.75) is 32.7 Å². The first-order valence-electron chi connectivity index (χ1n) is 10.7. The van der Waals surface area contributed by atoms with E-state index in [1.165, 1.54) is 11.3 Å². The van der Waals surface area contributed by atoms with Crippen LogP contribution in [-0.4, -0.2) is 67.6 Å². The molecule has 2 heterocycles. The van der Waals surface area contributed by atoms with Crippen LogP contribution in [-0.2, 0) is 9.53 Å². The first kappa shape index (κ1) is 23.7. The summed E-state index contributed by atoms with van der Waals surface area (Å²) in [4.78, 5) is 30.1. The minimum atomic E-state index is -0.486. The fraction of sp³-hybridized carbons (Fsp3) is 0.478. The van der Waals surface area contributed by atoms with Gasteiger partial charge in [-0.3, -0.25) is 9.69 Å². The summed E-state index contributed by atoms with van der Waals surface area (Å²) in [6.45, 7) is 7.61. The van der Waals surface area contributed by atoms with E-state index in [4.69, 9.17) is 16.3 Å². The minimum absolute atomic E-state index is 0.163. The monoisotopic (exact) mass is 463 g/mol. The lowest BCUT2D eigenvalue weighted by Gasteiger charge is -2.35. The number of hydrogen-bond donors (Lipinski definition) is 1. The summed E-state index contributed by atoms with van der Waals surface area (Å²) < 4.78 is 5.71. The standard InChI is InChI=1S/C23H30ClN3O3S/c1-4-27-13-11-17(12-14-27)26(3)15-18(28)25-22-20(23(29)30-5-2)19(21(24)31-22)16-9-7-6-8-10-16/h6-10,17H,4-5,11-15H2,1-3H3,(H,25,28). The van der Waals surface area contributed by atoms with Crippen LogP contribution in [0.15, 0.2) is 30.3 Å². The molecule has 1 fully saturated rings. The third-order valence-corrected chi connectivity index (χ3v) is 7.00. The number of halogens is 1. The van der Waals surface area contributed by atoms with Crippen LogP contribution in [0.3, 0.4) is 0 Å². The van der Waals surface area contributed by atoms with Gasteiger partial charge in [0, 0.05) is 11.6 Å². The second-order valence-corrected chi connectivity index (χ2v) is 9.29. The Balaban J connectivity index is 1.76. The number of piperidine rings is 1. The number of amides is 1. The molecule has 8 heteroatoms. The van der Waals surface area contributed by atoms with Gasteiger partial charge in [-0.05, 0) is 52.0 Å². The number of nitrogens with one attached hydrogen (secondary N) is 1. The smallest absolute Gasteiger partial charge is 0.341 e. The summed E-state index contributed by atoms with van der Waals surface area (Å²) in [6, 6.07) is 9.82. The van der Waals surface area contributed by atoms with E-state index in [1.54, 1.807) is 6.92 Å². The number of hydrogen-bond acceptors (Lipinski definition) is 6. The third kappa shape index (κ3) is 5.86. The molecule has 0 atom stereocenters. The number of thiophene rings is 1. The number of likely N-dealkylation sites (N-methyl/N-ethyl adjacent to an activating group) is 1. The molecule has 0 radical (unpaired) electrons. The second kappa shape index (κ2) is 11.1. The zero-order valence-corrected chi connectivity index (χ0v) is 19.9. The van der Waals surface area contributed by atoms with E-state index in [2.05, 4.69) is 22.0 Å². The molecule has 1 N–H and O–H groups in total. The van der Waals surface area contributed by atoms with Crippen molar-refractivity contribution < 1.29 is 14.3 Å². The maximum Gasteiger partial charge on any atom is 0.341 e. The molecule has 6 nitrogen and oxygen atoms in total. The number of likely N-dealkylation sites (tertiary alicyclic amines) is 1. The normalized spacial score (nSPS) is 15.3. The molecule has 168 valence electrons. The summed E-state index contributed by atoms with van der Waals surface area (Å²) in [5.41, 5.74) is 1.73. The maximum absolute atomic E-state index is 12.8. The van der Waals surface area contributed by atoms with Gasteiger partial charge >= 0.3 is 5.97 Å². The highest BCUT2D eigenvalue weighted by Gasteiger charge is 2.28. The fourth-order valence-electron chi connectivity index (χ4n) is 3.95. The highest BCUT2D eigenvalue weighted by Crippen LogP contribution is 2.43. The highest BCUT2D eigenvalue weighted by molar-refractivity contribution is 7.21. The molecule has 1 aliphatic heterocycles. The van der Waals surface area contributed by atoms with Gasteiger partial charge in [0.25, 0.3) is 0 Å². The molecule has 31 heavy (non-hydrogen) atoms. The van der Waals surface area contributed by atoms with E-state index in [1.807, 2.05) is 37.4 Å². The lowest BCUT2D eigenvalue weighted by atomic mass is 10.0. The Morgan fingerprint density at radius 1 is 1.23 bits per heavy atom. The fourth-order valence-corrected chi connectivity index (χ4v) is 5.34. The lowest BCUT2D eigenvalue weighted by Crippen LogP contribution is -2.45. The predicted molar refractivity (Wildman–Crippen MR) is 127 cm³/mol. The number of nitrogens with zero attached hydrogens (tertiary/aromatic N) is 2. The van der Waals surface area contributed by atoms with Gasteiger partial charge in [0.1, 0.15) is 14.9 Å². The minimum Gasteiger partial charge on any atom is -0.462 e. The first-order chi connectivity index (χ1) is 14.9. The number of benzene rings is 1. The average Bonchev–Trinajstić information content (AvgIpc) is 3.09. The number of ether oxygens (including phenoxy) is 1. The van der Waals surface area contributed by atoms with E-state index in [-0.39, 0.29) is 19.1 Å². The van der Waals surface area contributed by atoms with Crippen LogP contribution in [0.1, 0.15) is 37.0 Å². The Kier molecular flexibility index (Phi) is 8.49. The number of esters is 1. The number of carbonyl (C=O) groups is 2. The summed E-state index contributed by atoms with van der Waals surface area (Å²) in [5.74, 6) is -0.649. The van der Waals surface area contributed by atoms with E-state index in [0.29, 0.717) is 26.5 Å². The van der Waals surface area contributed by atoms with Crippen molar-refractivity contribution in [1.82, 2.24) is 9.80 Å². The van der Waals surface area contributed by atoms with E-state index >= 15 is 0 Å². The van der Waals surface area contributed by atoms with Crippen molar-refractivity contribution in [3.05, 3.63) is 40.2 Å². The van der Waals surface area contributed by atoms with Gasteiger partial charge in [0.2, 0.25) is 5.91 Å². The number of carbonyl (C=O) groups excluding carboxylic acids is 2. The maximum atomic E-state index is 12.8. The van der Waals surface area contributed by atoms with Crippen molar-refractivity contribution in [3.8, 4) is 11.1 Å². The molecule has 0 bridgehead atoms. The van der Waals surface area contributed by atoms with Gasteiger partial charge in [-0.25, -0.2) is 4.79 Å². The quantitative estimate of drug-likeness (QED) is 0.579. The van der Waals surface area contributed by atoms with Crippen LogP contribution in [0.4, 0.5) is 5.00 Å². The zero-order valence-electron chi connectivity index (χ0n) is 18.3. The van der Waals surface area contributed by atoms with Gasteiger partial charge in [0.15, 0.2) is 0 Å². The molecule has 0 saturated carbocycles. The lowest BCUT2D eigenvalue weighted by molar-refractivity contribution is -0.117. The van der Waals surface area contributed by atoms with Crippen LogP contribution in [0.25, 0.3) is 11.1 Å². The van der Waals surface area contributed by atoms with Crippen molar-refractivity contribution in [3.63, 3.8) is 0 Å². The topological polar surface area (TPSA) is 61.9 Å². The van der Waals surface area contributed by atoms with Crippen LogP contribution >= 0.6 is 22.9 Å². The van der Waals surface area contributed by atoms with Crippen LogP contribution < -0.4 is 5.32 Å².